The molecule has 9 atom stereocenters. The molecule has 0 amide bonds. The quantitative estimate of drug-likeness (QED) is 0.0453. The largest absolute Gasteiger partial charge is 0.289 e. The summed E-state index contributed by atoms with van der Waals surface area (Å²) in [5.41, 5.74) is 3.28. The van der Waals surface area contributed by atoms with Gasteiger partial charge in [0.2, 0.25) is 0 Å². The van der Waals surface area contributed by atoms with Gasteiger partial charge in [0.25, 0.3) is 0 Å². The van der Waals surface area contributed by atoms with Crippen molar-refractivity contribution >= 4 is 51.9 Å². The second-order valence-electron chi connectivity index (χ2n) is 25.0. The van der Waals surface area contributed by atoms with E-state index in [9.17, 15) is 0 Å². The second kappa shape index (κ2) is 39.2. The summed E-state index contributed by atoms with van der Waals surface area (Å²) in [5.74, 6) is 3.69. The Bertz CT molecular complexity index is 1650. The predicted molar refractivity (Wildman–Crippen MR) is 336 cm³/mol. The zero-order chi connectivity index (χ0) is 51.7. The molecule has 6 rings (SSSR count). The summed E-state index contributed by atoms with van der Waals surface area (Å²) in [7, 11) is 0. The minimum atomic E-state index is 0.540. The minimum absolute atomic E-state index is 0.540. The van der Waals surface area contributed by atoms with Crippen molar-refractivity contribution in [1.82, 2.24) is 14.2 Å². The molecule has 2 aromatic rings. The lowest BCUT2D eigenvalue weighted by Crippen LogP contribution is -2.60. The van der Waals surface area contributed by atoms with Crippen LogP contribution in [0.4, 0.5) is 5.00 Å². The number of rotatable bonds is 46. The highest BCUT2D eigenvalue weighted by molar-refractivity contribution is 7.99. The molecule has 0 bridgehead atoms. The Kier molecular flexibility index (Phi) is 33.4. The Labute approximate surface area is 476 Å². The number of nitrogens with one attached hydrogen (secondary N) is 3. The molecule has 2 aliphatic carbocycles. The highest BCUT2D eigenvalue weighted by atomic mass is 32.2. The number of thiophene rings is 2. The topological polar surface area (TPSA) is 39.3 Å². The number of unbranched alkanes of at least 4 members (excludes halogenated alkanes) is 32. The monoisotopic (exact) mass is 1090 g/mol. The maximum Gasteiger partial charge on any atom is 0.102 e. The van der Waals surface area contributed by atoms with E-state index in [0.717, 1.165) is 11.8 Å². The third kappa shape index (κ3) is 22.7. The van der Waals surface area contributed by atoms with E-state index in [1.807, 2.05) is 12.1 Å². The predicted octanol–water partition coefficient (Wildman–Crippen LogP) is 22.2. The lowest BCUT2D eigenvalue weighted by Gasteiger charge is -2.51. The fourth-order valence-electron chi connectivity index (χ4n) is 14.3. The molecule has 2 aromatic heterocycles. The average Bonchev–Trinajstić information content (AvgIpc) is 4.27. The van der Waals surface area contributed by atoms with Crippen LogP contribution in [0.15, 0.2) is 22.9 Å². The van der Waals surface area contributed by atoms with Gasteiger partial charge in [0, 0.05) is 47.3 Å². The molecule has 426 valence electrons. The number of nitrogens with zero attached hydrogens (tertiary/aromatic N) is 1. The normalized spacial score (nSPS) is 23.4. The molecule has 2 saturated heterocycles. The summed E-state index contributed by atoms with van der Waals surface area (Å²) in [6, 6.07) is 7.65. The van der Waals surface area contributed by atoms with Crippen molar-refractivity contribution in [1.29, 1.82) is 0 Å². The van der Waals surface area contributed by atoms with Gasteiger partial charge in [-0.3, -0.25) is 4.31 Å². The maximum absolute atomic E-state index is 4.12. The van der Waals surface area contributed by atoms with Crippen LogP contribution < -0.4 is 18.5 Å². The zero-order valence-electron chi connectivity index (χ0n) is 48.9. The molecule has 2 aliphatic heterocycles. The molecule has 2 saturated carbocycles. The summed E-state index contributed by atoms with van der Waals surface area (Å²) in [4.78, 5) is 1.70. The third-order valence-electron chi connectivity index (χ3n) is 18.8. The van der Waals surface area contributed by atoms with Gasteiger partial charge in [-0.25, -0.2) is 14.2 Å². The van der Waals surface area contributed by atoms with Gasteiger partial charge in [0.1, 0.15) is 5.00 Å². The Balaban J connectivity index is 1.05. The standard InChI is InChI=1S/C66H118N4S4/c1-5-9-13-17-21-25-27-31-35-38-42-54(41-37-33-29-23-19-15-11-7-3)47-56-49-62(71-52-56)59-51-61-66(58-45-46-60-65(64(58)59)69-73-67-60)70(74-68-61)63-50-57(53-72-63)48-55(43-39-34-30-24-20-16-12-8-4)44-40-36-32-28-26-22-18-14-10-6-2/h49-50,52-55,58-61,64-69H,5-48,51H2,1-4H3. The SMILES string of the molecule is CCCCCCCCCCCCC(CCCCCCCCCC)Cc1csc(C2CC3NSN(c4cc(CC(CCCCCCCCCC)CCCCCCCCCCCC)cs4)C3C3CCC4NSNC4C23)c1. The van der Waals surface area contributed by atoms with Crippen LogP contribution in [-0.2, 0) is 12.8 Å². The molecule has 4 heterocycles. The number of hydrogen-bond acceptors (Lipinski definition) is 8. The summed E-state index contributed by atoms with van der Waals surface area (Å²) in [6.45, 7) is 9.34. The Morgan fingerprint density at radius 3 is 1.34 bits per heavy atom. The molecule has 8 heteroatoms. The van der Waals surface area contributed by atoms with Gasteiger partial charge in [0.05, 0.1) is 6.04 Å². The lowest BCUT2D eigenvalue weighted by atomic mass is 9.59. The molecule has 3 N–H and O–H groups in total. The van der Waals surface area contributed by atoms with Crippen molar-refractivity contribution < 1.29 is 0 Å². The highest BCUT2D eigenvalue weighted by Crippen LogP contribution is 2.56. The van der Waals surface area contributed by atoms with Crippen LogP contribution in [0.1, 0.15) is 326 Å². The van der Waals surface area contributed by atoms with Crippen LogP contribution in [0, 0.1) is 23.7 Å². The molecule has 4 nitrogen and oxygen atoms in total. The fourth-order valence-corrected chi connectivity index (χ4v) is 18.5. The van der Waals surface area contributed by atoms with Crippen molar-refractivity contribution in [3.8, 4) is 0 Å². The van der Waals surface area contributed by atoms with Crippen LogP contribution in [0.5, 0.6) is 0 Å². The highest BCUT2D eigenvalue weighted by Gasteiger charge is 2.57. The van der Waals surface area contributed by atoms with Gasteiger partial charge >= 0.3 is 0 Å². The zero-order valence-corrected chi connectivity index (χ0v) is 52.2. The van der Waals surface area contributed by atoms with E-state index < -0.39 is 0 Å². The van der Waals surface area contributed by atoms with Gasteiger partial charge < -0.3 is 0 Å². The average molecular weight is 1100 g/mol. The van der Waals surface area contributed by atoms with Crippen LogP contribution >= 0.6 is 46.9 Å². The molecule has 0 spiro atoms. The molecule has 74 heavy (non-hydrogen) atoms. The molecular weight excluding hydrogens is 977 g/mol. The van der Waals surface area contributed by atoms with E-state index in [2.05, 4.69) is 91.7 Å². The summed E-state index contributed by atoms with van der Waals surface area (Å²) < 4.78 is 14.8. The van der Waals surface area contributed by atoms with Gasteiger partial charge in [-0.2, -0.15) is 0 Å². The van der Waals surface area contributed by atoms with Crippen LogP contribution in [0.25, 0.3) is 0 Å². The van der Waals surface area contributed by atoms with E-state index in [1.165, 1.54) is 294 Å². The van der Waals surface area contributed by atoms with Crippen molar-refractivity contribution in [2.75, 3.05) is 4.31 Å². The van der Waals surface area contributed by atoms with Crippen molar-refractivity contribution in [2.45, 2.75) is 347 Å². The summed E-state index contributed by atoms with van der Waals surface area (Å²) >= 11 is 7.97. The van der Waals surface area contributed by atoms with E-state index >= 15 is 0 Å². The number of anilines is 1. The molecule has 9 unspecified atom stereocenters. The lowest BCUT2D eigenvalue weighted by molar-refractivity contribution is 0.0799. The third-order valence-corrected chi connectivity index (χ3v) is 22.8. The molecule has 4 aliphatic rings. The van der Waals surface area contributed by atoms with Crippen molar-refractivity contribution in [3.63, 3.8) is 0 Å². The van der Waals surface area contributed by atoms with Gasteiger partial charge in [-0.15, -0.1) is 22.7 Å². The van der Waals surface area contributed by atoms with E-state index in [1.54, 1.807) is 28.1 Å². The van der Waals surface area contributed by atoms with E-state index in [0.29, 0.717) is 41.9 Å². The molecular formula is C66H118N4S4. The van der Waals surface area contributed by atoms with Crippen LogP contribution in [0.2, 0.25) is 0 Å². The molecule has 0 aromatic carbocycles. The Hall–Kier alpha value is -0.220. The second-order valence-corrected chi connectivity index (χ2v) is 28.3. The van der Waals surface area contributed by atoms with Gasteiger partial charge in [-0.1, -0.05) is 285 Å². The van der Waals surface area contributed by atoms with E-state index in [-0.39, 0.29) is 0 Å². The Morgan fingerprint density at radius 1 is 0.459 bits per heavy atom. The van der Waals surface area contributed by atoms with Crippen LogP contribution in [-0.4, -0.2) is 24.2 Å². The fraction of sp³-hybridized carbons (Fsp3) is 0.879. The number of hydrogen-bond donors (Lipinski definition) is 3. The smallest absolute Gasteiger partial charge is 0.102 e. The van der Waals surface area contributed by atoms with Crippen molar-refractivity contribution in [2.24, 2.45) is 23.7 Å². The summed E-state index contributed by atoms with van der Waals surface area (Å²) in [6.07, 6.45) is 63.9. The van der Waals surface area contributed by atoms with Crippen molar-refractivity contribution in [3.05, 3.63) is 38.9 Å². The maximum atomic E-state index is 4.12. The minimum Gasteiger partial charge on any atom is -0.289 e. The molecule has 4 fully saturated rings. The summed E-state index contributed by atoms with van der Waals surface area (Å²) in [5, 5.41) is 6.72. The first-order valence-electron chi connectivity index (χ1n) is 33.2. The first kappa shape index (κ1) is 63.0. The van der Waals surface area contributed by atoms with E-state index in [4.69, 9.17) is 0 Å². The van der Waals surface area contributed by atoms with Gasteiger partial charge in [-0.05, 0) is 95.7 Å². The van der Waals surface area contributed by atoms with Crippen LogP contribution in [0.3, 0.4) is 0 Å². The number of fused-ring (bicyclic) bond motifs is 5. The first-order chi connectivity index (χ1) is 36.6. The Morgan fingerprint density at radius 2 is 0.878 bits per heavy atom. The molecule has 0 radical (unpaired) electrons. The first-order valence-corrected chi connectivity index (χ1v) is 36.5. The van der Waals surface area contributed by atoms with Gasteiger partial charge in [0.15, 0.2) is 0 Å².